The summed E-state index contributed by atoms with van der Waals surface area (Å²) in [6.07, 6.45) is 0.255. The first kappa shape index (κ1) is 12.4. The largest absolute Gasteiger partial charge is 0.483 e. The minimum atomic E-state index is -0.633. The van der Waals surface area contributed by atoms with Crippen LogP contribution in [0.3, 0.4) is 0 Å². The van der Waals surface area contributed by atoms with Crippen LogP contribution in [0.25, 0.3) is 0 Å². The molecule has 0 spiro atoms. The van der Waals surface area contributed by atoms with Gasteiger partial charge in [0.2, 0.25) is 0 Å². The van der Waals surface area contributed by atoms with Crippen molar-refractivity contribution in [1.29, 1.82) is 0 Å². The van der Waals surface area contributed by atoms with E-state index in [2.05, 4.69) is 0 Å². The van der Waals surface area contributed by atoms with Gasteiger partial charge in [0.15, 0.2) is 11.9 Å². The number of ether oxygens (including phenoxy) is 1. The summed E-state index contributed by atoms with van der Waals surface area (Å²) in [5.41, 5.74) is 0.186. The van der Waals surface area contributed by atoms with E-state index in [1.807, 2.05) is 0 Å². The quantitative estimate of drug-likeness (QED) is 0.721. The van der Waals surface area contributed by atoms with Crippen LogP contribution in [0.2, 0.25) is 0 Å². The first-order valence-corrected chi connectivity index (χ1v) is 5.02. The minimum absolute atomic E-state index is 0.0723. The Morgan fingerprint density at radius 2 is 2.19 bits per heavy atom. The highest BCUT2D eigenvalue weighted by Crippen LogP contribution is 2.17. The van der Waals surface area contributed by atoms with E-state index in [1.165, 1.54) is 6.07 Å². The Hall–Kier alpha value is -1.71. The third-order valence-corrected chi connectivity index (χ3v) is 2.14. The van der Waals surface area contributed by atoms with E-state index in [-0.39, 0.29) is 17.1 Å². The number of ketones is 1. The van der Waals surface area contributed by atoms with Gasteiger partial charge >= 0.3 is 0 Å². The van der Waals surface area contributed by atoms with E-state index in [0.717, 1.165) is 12.1 Å². The maximum Gasteiger partial charge on any atom is 0.172 e. The summed E-state index contributed by atoms with van der Waals surface area (Å²) in [5.74, 6) is -0.441. The highest BCUT2D eigenvalue weighted by molar-refractivity contribution is 5.82. The van der Waals surface area contributed by atoms with Crippen molar-refractivity contribution in [3.63, 3.8) is 0 Å². The minimum Gasteiger partial charge on any atom is -0.483 e. The Kier molecular flexibility index (Phi) is 4.17. The van der Waals surface area contributed by atoms with E-state index in [9.17, 15) is 14.0 Å². The molecule has 0 N–H and O–H groups in total. The Morgan fingerprint density at radius 1 is 1.50 bits per heavy atom. The van der Waals surface area contributed by atoms with Crippen molar-refractivity contribution < 1.29 is 18.7 Å². The SMILES string of the molecule is CCC(=O)C(C)Oc1cc(F)cc(C=O)c1. The normalized spacial score (nSPS) is 11.9. The van der Waals surface area contributed by atoms with Crippen LogP contribution in [0.1, 0.15) is 30.6 Å². The number of rotatable bonds is 5. The topological polar surface area (TPSA) is 43.4 Å². The van der Waals surface area contributed by atoms with Gasteiger partial charge in [-0.2, -0.15) is 0 Å². The first-order chi connectivity index (χ1) is 7.56. The zero-order valence-corrected chi connectivity index (χ0v) is 9.20. The molecule has 0 fully saturated rings. The van der Waals surface area contributed by atoms with Gasteiger partial charge in [-0.3, -0.25) is 9.59 Å². The van der Waals surface area contributed by atoms with E-state index >= 15 is 0 Å². The van der Waals surface area contributed by atoms with Crippen LogP contribution in [-0.2, 0) is 4.79 Å². The molecule has 0 aliphatic carbocycles. The Balaban J connectivity index is 2.84. The number of carbonyl (C=O) groups is 2. The van der Waals surface area contributed by atoms with Crippen LogP contribution < -0.4 is 4.74 Å². The number of carbonyl (C=O) groups excluding carboxylic acids is 2. The number of Topliss-reactive ketones (excluding diaryl/α,β-unsaturated/α-hetero) is 1. The lowest BCUT2D eigenvalue weighted by atomic mass is 10.2. The molecule has 0 saturated carbocycles. The van der Waals surface area contributed by atoms with Crippen LogP contribution in [0, 0.1) is 5.82 Å². The number of halogens is 1. The molecule has 3 nitrogen and oxygen atoms in total. The van der Waals surface area contributed by atoms with Crippen molar-refractivity contribution in [2.45, 2.75) is 26.4 Å². The highest BCUT2D eigenvalue weighted by Gasteiger charge is 2.13. The average Bonchev–Trinajstić information content (AvgIpc) is 2.26. The van der Waals surface area contributed by atoms with Crippen molar-refractivity contribution in [2.24, 2.45) is 0 Å². The van der Waals surface area contributed by atoms with Crippen LogP contribution in [0.15, 0.2) is 18.2 Å². The molecule has 1 atom stereocenters. The summed E-state index contributed by atoms with van der Waals surface area (Å²) < 4.78 is 18.3. The second-order valence-electron chi connectivity index (χ2n) is 3.42. The van der Waals surface area contributed by atoms with Gasteiger partial charge < -0.3 is 4.74 Å². The summed E-state index contributed by atoms with van der Waals surface area (Å²) in [4.78, 5) is 21.8. The van der Waals surface area contributed by atoms with Gasteiger partial charge in [-0.25, -0.2) is 4.39 Å². The van der Waals surface area contributed by atoms with Crippen LogP contribution in [0.5, 0.6) is 5.75 Å². The Labute approximate surface area is 93.2 Å². The van der Waals surface area contributed by atoms with Crippen molar-refractivity contribution in [3.8, 4) is 5.75 Å². The highest BCUT2D eigenvalue weighted by atomic mass is 19.1. The smallest absolute Gasteiger partial charge is 0.172 e. The summed E-state index contributed by atoms with van der Waals surface area (Å²) in [5, 5.41) is 0. The van der Waals surface area contributed by atoms with Crippen molar-refractivity contribution >= 4 is 12.1 Å². The van der Waals surface area contributed by atoms with Crippen LogP contribution in [0.4, 0.5) is 4.39 Å². The number of hydrogen-bond acceptors (Lipinski definition) is 3. The predicted molar refractivity (Wildman–Crippen MR) is 57.2 cm³/mol. The lowest BCUT2D eigenvalue weighted by Crippen LogP contribution is -2.22. The van der Waals surface area contributed by atoms with Crippen molar-refractivity contribution in [3.05, 3.63) is 29.6 Å². The molecule has 0 aliphatic rings. The lowest BCUT2D eigenvalue weighted by Gasteiger charge is -2.13. The van der Waals surface area contributed by atoms with Crippen LogP contribution >= 0.6 is 0 Å². The number of aldehydes is 1. The molecule has 1 rings (SSSR count). The summed E-state index contributed by atoms with van der Waals surface area (Å²) in [7, 11) is 0. The molecule has 0 aliphatic heterocycles. The molecule has 0 bridgehead atoms. The third kappa shape index (κ3) is 3.15. The number of benzene rings is 1. The fourth-order valence-electron chi connectivity index (χ4n) is 1.28. The van der Waals surface area contributed by atoms with Gasteiger partial charge in [0.25, 0.3) is 0 Å². The lowest BCUT2D eigenvalue weighted by molar-refractivity contribution is -0.124. The Bertz CT molecular complexity index is 401. The molecule has 1 unspecified atom stereocenters. The molecule has 0 saturated heterocycles. The zero-order chi connectivity index (χ0) is 12.1. The third-order valence-electron chi connectivity index (χ3n) is 2.14. The predicted octanol–water partition coefficient (Wildman–Crippen LogP) is 2.38. The van der Waals surface area contributed by atoms with Gasteiger partial charge in [-0.05, 0) is 19.1 Å². The molecule has 16 heavy (non-hydrogen) atoms. The molecular formula is C12H13FO3. The van der Waals surface area contributed by atoms with Gasteiger partial charge in [0.1, 0.15) is 17.9 Å². The Morgan fingerprint density at radius 3 is 2.75 bits per heavy atom. The molecule has 0 radical (unpaired) electrons. The second kappa shape index (κ2) is 5.39. The number of hydrogen-bond donors (Lipinski definition) is 0. The van der Waals surface area contributed by atoms with E-state index in [4.69, 9.17) is 4.74 Å². The van der Waals surface area contributed by atoms with Gasteiger partial charge in [0, 0.05) is 18.1 Å². The second-order valence-corrected chi connectivity index (χ2v) is 3.42. The van der Waals surface area contributed by atoms with Crippen LogP contribution in [-0.4, -0.2) is 18.2 Å². The molecular weight excluding hydrogens is 211 g/mol. The van der Waals surface area contributed by atoms with Gasteiger partial charge in [0.05, 0.1) is 0 Å². The van der Waals surface area contributed by atoms with Gasteiger partial charge in [-0.15, -0.1) is 0 Å². The van der Waals surface area contributed by atoms with E-state index in [0.29, 0.717) is 12.7 Å². The standard InChI is InChI=1S/C12H13FO3/c1-3-12(15)8(2)16-11-5-9(7-14)4-10(13)6-11/h4-8H,3H2,1-2H3. The molecule has 0 amide bonds. The summed E-state index contributed by atoms with van der Waals surface area (Å²) in [6.45, 7) is 3.32. The molecule has 0 heterocycles. The molecule has 4 heteroatoms. The maximum absolute atomic E-state index is 13.0. The summed E-state index contributed by atoms with van der Waals surface area (Å²) >= 11 is 0. The fourth-order valence-corrected chi connectivity index (χ4v) is 1.28. The summed E-state index contributed by atoms with van der Waals surface area (Å²) in [6, 6.07) is 3.65. The molecule has 0 aromatic heterocycles. The molecule has 1 aromatic carbocycles. The van der Waals surface area contributed by atoms with Crippen molar-refractivity contribution in [2.75, 3.05) is 0 Å². The van der Waals surface area contributed by atoms with Crippen molar-refractivity contribution in [1.82, 2.24) is 0 Å². The average molecular weight is 224 g/mol. The fraction of sp³-hybridized carbons (Fsp3) is 0.333. The maximum atomic E-state index is 13.0. The van der Waals surface area contributed by atoms with E-state index in [1.54, 1.807) is 13.8 Å². The zero-order valence-electron chi connectivity index (χ0n) is 9.20. The molecule has 86 valence electrons. The van der Waals surface area contributed by atoms with E-state index < -0.39 is 11.9 Å². The monoisotopic (exact) mass is 224 g/mol. The molecule has 1 aromatic rings. The van der Waals surface area contributed by atoms with Gasteiger partial charge in [-0.1, -0.05) is 6.92 Å². The first-order valence-electron chi connectivity index (χ1n) is 5.02.